The van der Waals surface area contributed by atoms with Crippen molar-refractivity contribution in [2.45, 2.75) is 45.1 Å². The van der Waals surface area contributed by atoms with Gasteiger partial charge in [-0.25, -0.2) is 29.5 Å². The number of fused-ring (bicyclic) bond motifs is 1. The molecule has 2 aromatic rings. The second kappa shape index (κ2) is 14.5. The number of aromatic nitrogens is 4. The Kier molecular flexibility index (Phi) is 12.1. The molecule has 20 heteroatoms. The molecule has 0 aromatic carbocycles. The van der Waals surface area contributed by atoms with Gasteiger partial charge < -0.3 is 14.0 Å². The molecule has 0 fully saturated rings. The van der Waals surface area contributed by atoms with Crippen LogP contribution in [-0.2, 0) is 39.7 Å². The summed E-state index contributed by atoms with van der Waals surface area (Å²) in [7, 11) is -4.86. The highest BCUT2D eigenvalue weighted by Crippen LogP contribution is 2.49. The van der Waals surface area contributed by atoms with Crippen molar-refractivity contribution in [3.8, 4) is 0 Å². The van der Waals surface area contributed by atoms with E-state index in [1.54, 1.807) is 0 Å². The van der Waals surface area contributed by atoms with Crippen molar-refractivity contribution in [1.29, 1.82) is 0 Å². The number of anilines is 1. The lowest BCUT2D eigenvalue weighted by Crippen LogP contribution is -2.19. The van der Waals surface area contributed by atoms with E-state index in [4.69, 9.17) is 9.47 Å². The molecule has 0 saturated carbocycles. The van der Waals surface area contributed by atoms with Crippen molar-refractivity contribution in [3.63, 3.8) is 0 Å². The Morgan fingerprint density at radius 1 is 1.00 bits per heavy atom. The lowest BCUT2D eigenvalue weighted by atomic mass is 10.3. The van der Waals surface area contributed by atoms with Crippen molar-refractivity contribution >= 4 is 30.7 Å². The standard InChI is InChI=1S/C18H24F6N5O8P/c1-2-3-4-6-33-16(30)28-14-13-15(26-10-25-14)29(11-27-13)5-7-32-12-38(31,36-34-8-17(19,20)21)37-35-9-18(22,23)24/h10-11H,2-9,12H2,1H3,(H,25,26,28,30). The Hall–Kier alpha value is -2.57. The number of hydrogen-bond donors (Lipinski definition) is 1. The van der Waals surface area contributed by atoms with E-state index in [9.17, 15) is 35.7 Å². The summed E-state index contributed by atoms with van der Waals surface area (Å²) in [5, 5.41) is 2.45. The van der Waals surface area contributed by atoms with E-state index < -0.39 is 45.6 Å². The molecular weight excluding hydrogens is 559 g/mol. The molecule has 38 heavy (non-hydrogen) atoms. The van der Waals surface area contributed by atoms with Crippen molar-refractivity contribution in [3.05, 3.63) is 12.7 Å². The topological polar surface area (TPSA) is 145 Å². The number of ether oxygens (including phenoxy) is 2. The van der Waals surface area contributed by atoms with Gasteiger partial charge in [0.2, 0.25) is 0 Å². The molecule has 0 spiro atoms. The van der Waals surface area contributed by atoms with Crippen LogP contribution >= 0.6 is 7.60 Å². The van der Waals surface area contributed by atoms with Crippen molar-refractivity contribution in [2.24, 2.45) is 0 Å². The van der Waals surface area contributed by atoms with Gasteiger partial charge in [0.1, 0.15) is 6.33 Å². The quantitative estimate of drug-likeness (QED) is 0.0961. The molecule has 2 heterocycles. The molecular formula is C18H24F6N5O8P. The molecule has 0 aliphatic carbocycles. The van der Waals surface area contributed by atoms with Crippen molar-refractivity contribution in [2.75, 3.05) is 38.1 Å². The van der Waals surface area contributed by atoms with Gasteiger partial charge in [0.25, 0.3) is 0 Å². The lowest BCUT2D eigenvalue weighted by Gasteiger charge is -2.17. The molecule has 1 N–H and O–H groups in total. The first-order chi connectivity index (χ1) is 17.8. The largest absolute Gasteiger partial charge is 0.449 e. The van der Waals surface area contributed by atoms with Crippen LogP contribution in [0.5, 0.6) is 0 Å². The van der Waals surface area contributed by atoms with Gasteiger partial charge in [-0.3, -0.25) is 9.88 Å². The van der Waals surface area contributed by atoms with Gasteiger partial charge in [0.15, 0.2) is 36.5 Å². The van der Waals surface area contributed by atoms with Crippen LogP contribution in [0.1, 0.15) is 26.2 Å². The summed E-state index contributed by atoms with van der Waals surface area (Å²) in [5.41, 5.74) is 0.430. The molecule has 0 aliphatic rings. The van der Waals surface area contributed by atoms with Crippen LogP contribution in [0.2, 0.25) is 0 Å². The van der Waals surface area contributed by atoms with Crippen LogP contribution in [-0.4, -0.2) is 70.7 Å². The van der Waals surface area contributed by atoms with Crippen LogP contribution in [0.25, 0.3) is 11.2 Å². The average molecular weight is 583 g/mol. The first-order valence-corrected chi connectivity index (χ1v) is 12.6. The summed E-state index contributed by atoms with van der Waals surface area (Å²) in [6.07, 6.45) is -6.66. The third kappa shape index (κ3) is 11.9. The Morgan fingerprint density at radius 3 is 2.26 bits per heavy atom. The van der Waals surface area contributed by atoms with E-state index >= 15 is 0 Å². The minimum absolute atomic E-state index is 0.0404. The molecule has 0 saturated heterocycles. The lowest BCUT2D eigenvalue weighted by molar-refractivity contribution is -0.322. The number of carbonyl (C=O) groups excluding carboxylic acids is 1. The summed E-state index contributed by atoms with van der Waals surface area (Å²) in [6, 6.07) is 0. The molecule has 216 valence electrons. The van der Waals surface area contributed by atoms with Gasteiger partial charge in [-0.1, -0.05) is 19.8 Å². The molecule has 1 amide bonds. The normalized spacial score (nSPS) is 12.7. The number of nitrogens with zero attached hydrogens (tertiary/aromatic N) is 4. The maximum Gasteiger partial charge on any atom is 0.414 e. The van der Waals surface area contributed by atoms with E-state index in [-0.39, 0.29) is 36.7 Å². The van der Waals surface area contributed by atoms with Gasteiger partial charge in [-0.15, -0.1) is 9.35 Å². The van der Waals surface area contributed by atoms with Crippen LogP contribution in [0, 0.1) is 0 Å². The minimum Gasteiger partial charge on any atom is -0.449 e. The zero-order chi connectivity index (χ0) is 28.2. The first-order valence-electron chi connectivity index (χ1n) is 10.8. The van der Waals surface area contributed by atoms with Gasteiger partial charge in [0, 0.05) is 6.54 Å². The van der Waals surface area contributed by atoms with Gasteiger partial charge in [-0.05, 0) is 6.42 Å². The van der Waals surface area contributed by atoms with Gasteiger partial charge in [0.05, 0.1) is 19.5 Å². The van der Waals surface area contributed by atoms with E-state index in [0.717, 1.165) is 19.2 Å². The summed E-state index contributed by atoms with van der Waals surface area (Å²) >= 11 is 0. The van der Waals surface area contributed by atoms with Crippen LogP contribution in [0.15, 0.2) is 12.7 Å². The molecule has 2 rings (SSSR count). The second-order valence-corrected chi connectivity index (χ2v) is 9.13. The molecule has 0 radical (unpaired) electrons. The highest BCUT2D eigenvalue weighted by atomic mass is 31.2. The Bertz CT molecular complexity index is 1050. The number of nitrogens with one attached hydrogen (secondary N) is 1. The SMILES string of the molecule is CCCCCOC(=O)Nc1ncnc2c1ncn2CCOCP(=O)(OOCC(F)(F)F)OOCC(F)(F)F. The Balaban J connectivity index is 1.93. The summed E-state index contributed by atoms with van der Waals surface area (Å²) in [5.74, 6) is 0.0603. The highest BCUT2D eigenvalue weighted by molar-refractivity contribution is 7.53. The molecule has 0 atom stereocenters. The predicted octanol–water partition coefficient (Wildman–Crippen LogP) is 4.75. The molecule has 2 aromatic heterocycles. The van der Waals surface area contributed by atoms with Crippen LogP contribution in [0.3, 0.4) is 0 Å². The fraction of sp³-hybridized carbons (Fsp3) is 0.667. The number of rotatable bonds is 16. The van der Waals surface area contributed by atoms with Crippen molar-refractivity contribution < 1.29 is 64.3 Å². The first kappa shape index (κ1) is 31.6. The number of imidazole rings is 1. The van der Waals surface area contributed by atoms with Crippen LogP contribution < -0.4 is 5.32 Å². The summed E-state index contributed by atoms with van der Waals surface area (Å²) in [6.45, 7) is -2.18. The number of hydrogen-bond acceptors (Lipinski definition) is 11. The smallest absolute Gasteiger partial charge is 0.414 e. The third-order valence-corrected chi connectivity index (χ3v) is 5.27. The number of halogens is 6. The summed E-state index contributed by atoms with van der Waals surface area (Å²) < 4.78 is 105. The minimum atomic E-state index is -4.89. The average Bonchev–Trinajstić information content (AvgIpc) is 3.22. The third-order valence-electron chi connectivity index (χ3n) is 4.11. The van der Waals surface area contributed by atoms with Gasteiger partial charge in [-0.2, -0.15) is 26.3 Å². The molecule has 0 unspecified atom stereocenters. The highest BCUT2D eigenvalue weighted by Gasteiger charge is 2.36. The summed E-state index contributed by atoms with van der Waals surface area (Å²) in [4.78, 5) is 31.5. The molecule has 0 bridgehead atoms. The number of alkyl halides is 6. The Morgan fingerprint density at radius 2 is 1.66 bits per heavy atom. The monoisotopic (exact) mass is 583 g/mol. The molecule has 0 aliphatic heterocycles. The van der Waals surface area contributed by atoms with Crippen LogP contribution in [0.4, 0.5) is 37.0 Å². The fourth-order valence-electron chi connectivity index (χ4n) is 2.53. The second-order valence-electron chi connectivity index (χ2n) is 7.35. The van der Waals surface area contributed by atoms with Crippen molar-refractivity contribution in [1.82, 2.24) is 19.5 Å². The van der Waals surface area contributed by atoms with E-state index in [0.29, 0.717) is 6.42 Å². The number of amides is 1. The maximum atomic E-state index is 12.4. The number of unbranched alkanes of at least 4 members (excludes halogenated alkanes) is 2. The zero-order valence-electron chi connectivity index (χ0n) is 19.8. The van der Waals surface area contributed by atoms with E-state index in [1.165, 1.54) is 10.9 Å². The van der Waals surface area contributed by atoms with E-state index in [2.05, 4.69) is 39.4 Å². The van der Waals surface area contributed by atoms with E-state index in [1.807, 2.05) is 6.92 Å². The van der Waals surface area contributed by atoms with Gasteiger partial charge >= 0.3 is 26.0 Å². The Labute approximate surface area is 211 Å². The zero-order valence-corrected chi connectivity index (χ0v) is 20.7. The predicted molar refractivity (Wildman–Crippen MR) is 114 cm³/mol. The fourth-order valence-corrected chi connectivity index (χ4v) is 3.42. The molecule has 13 nitrogen and oxygen atoms in total. The maximum absolute atomic E-state index is 12.4. The number of carbonyl (C=O) groups is 1.